The molecule has 0 radical (unpaired) electrons. The number of hydrogen-bond donors (Lipinski definition) is 4. The SMILES string of the molecule is [2H]C([2H])(C[C@H](N)C(=O)O)C([2H])([2H])Cn1cc[n+](C([2H])([2H])C([2H])([2H])CC[C@H](N)C(=O)O)c1. The van der Waals surface area contributed by atoms with E-state index in [9.17, 15) is 9.59 Å². The van der Waals surface area contributed by atoms with E-state index in [1.54, 1.807) is 0 Å². The molecule has 23 heavy (non-hydrogen) atoms. The van der Waals surface area contributed by atoms with Gasteiger partial charge in [0.2, 0.25) is 6.33 Å². The number of nitrogens with two attached hydrogens (primary N) is 2. The molecular formula is C15H27N4O4+. The third-order valence-corrected chi connectivity index (χ3v) is 2.82. The number of rotatable bonds is 12. The minimum absolute atomic E-state index is 0.310. The summed E-state index contributed by atoms with van der Waals surface area (Å²) >= 11 is 0. The topological polar surface area (TPSA) is 135 Å². The normalized spacial score (nSPS) is 21.3. The largest absolute Gasteiger partial charge is 0.480 e. The van der Waals surface area contributed by atoms with E-state index in [1.165, 1.54) is 6.20 Å². The highest BCUT2D eigenvalue weighted by Gasteiger charge is 2.12. The van der Waals surface area contributed by atoms with Crippen molar-refractivity contribution in [3.63, 3.8) is 0 Å². The summed E-state index contributed by atoms with van der Waals surface area (Å²) in [7, 11) is 0. The second kappa shape index (κ2) is 9.96. The van der Waals surface area contributed by atoms with Gasteiger partial charge in [-0.2, -0.15) is 0 Å². The van der Waals surface area contributed by atoms with Crippen molar-refractivity contribution in [1.29, 1.82) is 0 Å². The van der Waals surface area contributed by atoms with Gasteiger partial charge in [-0.05, 0) is 38.4 Å². The molecule has 6 N–H and O–H groups in total. The van der Waals surface area contributed by atoms with E-state index in [2.05, 4.69) is 0 Å². The lowest BCUT2D eigenvalue weighted by Gasteiger charge is -2.05. The second-order valence-electron chi connectivity index (χ2n) is 4.77. The third kappa shape index (κ3) is 7.75. The van der Waals surface area contributed by atoms with Crippen LogP contribution in [0.4, 0.5) is 0 Å². The molecule has 2 atom stereocenters. The molecule has 0 aromatic carbocycles. The summed E-state index contributed by atoms with van der Waals surface area (Å²) in [5.41, 5.74) is 10.7. The lowest BCUT2D eigenvalue weighted by molar-refractivity contribution is -0.696. The summed E-state index contributed by atoms with van der Waals surface area (Å²) in [4.78, 5) is 21.7. The molecule has 130 valence electrons. The van der Waals surface area contributed by atoms with Gasteiger partial charge in [-0.15, -0.1) is 0 Å². The van der Waals surface area contributed by atoms with E-state index in [4.69, 9.17) is 32.6 Å². The highest BCUT2D eigenvalue weighted by molar-refractivity contribution is 5.73. The van der Waals surface area contributed by atoms with Crippen molar-refractivity contribution in [1.82, 2.24) is 4.57 Å². The number of carboxylic acids is 2. The van der Waals surface area contributed by atoms with Gasteiger partial charge in [0.25, 0.3) is 0 Å². The van der Waals surface area contributed by atoms with Crippen LogP contribution in [0.3, 0.4) is 0 Å². The van der Waals surface area contributed by atoms with Crippen LogP contribution in [-0.4, -0.2) is 38.8 Å². The molecule has 0 aliphatic carbocycles. The van der Waals surface area contributed by atoms with Gasteiger partial charge >= 0.3 is 11.9 Å². The zero-order valence-corrected chi connectivity index (χ0v) is 12.5. The van der Waals surface area contributed by atoms with Gasteiger partial charge in [-0.1, -0.05) is 0 Å². The fourth-order valence-corrected chi connectivity index (χ4v) is 1.47. The Balaban J connectivity index is 3.00. The zero-order chi connectivity index (χ0) is 24.4. The molecule has 1 aromatic heterocycles. The molecule has 0 unspecified atom stereocenters. The van der Waals surface area contributed by atoms with E-state index < -0.39 is 69.0 Å². The number of imidazole rings is 1. The average molecular weight is 335 g/mol. The van der Waals surface area contributed by atoms with Crippen LogP contribution in [0.5, 0.6) is 0 Å². The Hall–Kier alpha value is -1.93. The predicted octanol–water partition coefficient (Wildman–Crippen LogP) is -0.0600. The Morgan fingerprint density at radius 3 is 2.43 bits per heavy atom. The summed E-state index contributed by atoms with van der Waals surface area (Å²) in [5, 5.41) is 17.6. The van der Waals surface area contributed by atoms with Crippen LogP contribution in [0, 0.1) is 0 Å². The quantitative estimate of drug-likeness (QED) is 0.395. The van der Waals surface area contributed by atoms with Crippen LogP contribution in [0.25, 0.3) is 0 Å². The van der Waals surface area contributed by atoms with Crippen LogP contribution in [0.2, 0.25) is 0 Å². The number of carboxylic acid groups (broad SMARTS) is 2. The monoisotopic (exact) mass is 335 g/mol. The van der Waals surface area contributed by atoms with Crippen molar-refractivity contribution in [3.05, 3.63) is 18.7 Å². The van der Waals surface area contributed by atoms with Crippen molar-refractivity contribution < 1.29 is 35.3 Å². The summed E-state index contributed by atoms with van der Waals surface area (Å²) in [5.74, 6) is -2.81. The Labute approximate surface area is 146 Å². The average Bonchev–Trinajstić information content (AvgIpc) is 3.07. The number of aromatic nitrogens is 2. The fourth-order valence-electron chi connectivity index (χ4n) is 1.47. The van der Waals surface area contributed by atoms with Crippen molar-refractivity contribution >= 4 is 11.9 Å². The molecule has 0 aliphatic heterocycles. The Bertz CT molecular complexity index is 802. The van der Waals surface area contributed by atoms with Crippen LogP contribution in [-0.2, 0) is 22.6 Å². The maximum absolute atomic E-state index is 10.9. The van der Waals surface area contributed by atoms with E-state index in [1.807, 2.05) is 0 Å². The summed E-state index contributed by atoms with van der Waals surface area (Å²) in [6.07, 6.45) is -5.96. The summed E-state index contributed by atoms with van der Waals surface area (Å²) in [6, 6.07) is -2.97. The summed E-state index contributed by atoms with van der Waals surface area (Å²) < 4.78 is 66.0. The van der Waals surface area contributed by atoms with Crippen LogP contribution >= 0.6 is 0 Å². The van der Waals surface area contributed by atoms with Gasteiger partial charge in [0.05, 0.1) is 15.8 Å². The molecule has 1 heterocycles. The van der Waals surface area contributed by atoms with Gasteiger partial charge in [0.1, 0.15) is 24.5 Å². The van der Waals surface area contributed by atoms with Crippen molar-refractivity contribution in [2.75, 3.05) is 0 Å². The zero-order valence-electron chi connectivity index (χ0n) is 20.5. The molecule has 0 bridgehead atoms. The molecule has 0 saturated heterocycles. The Morgan fingerprint density at radius 1 is 1.13 bits per heavy atom. The molecule has 1 rings (SSSR count). The molecule has 1 aromatic rings. The predicted molar refractivity (Wildman–Crippen MR) is 83.6 cm³/mol. The first kappa shape index (κ1) is 10.0. The minimum atomic E-state index is -2.66. The number of aliphatic carboxylic acids is 2. The van der Waals surface area contributed by atoms with E-state index >= 15 is 0 Å². The van der Waals surface area contributed by atoms with Gasteiger partial charge < -0.3 is 21.7 Å². The second-order valence-corrected chi connectivity index (χ2v) is 4.77. The molecule has 0 spiro atoms. The van der Waals surface area contributed by atoms with Crippen LogP contribution in [0.1, 0.15) is 49.3 Å². The van der Waals surface area contributed by atoms with Crippen molar-refractivity contribution in [2.45, 2.75) is 63.5 Å². The molecule has 8 heteroatoms. The third-order valence-electron chi connectivity index (χ3n) is 2.82. The number of aryl methyl sites for hydroxylation is 2. The maximum Gasteiger partial charge on any atom is 0.320 e. The van der Waals surface area contributed by atoms with Gasteiger partial charge in [0, 0.05) is 8.22 Å². The lowest BCUT2D eigenvalue weighted by Crippen LogP contribution is -2.32. The number of nitrogens with zero attached hydrogens (tertiary/aromatic N) is 2. The molecule has 0 amide bonds. The molecule has 0 aliphatic rings. The molecule has 0 saturated carbocycles. The Kier molecular flexibility index (Phi) is 4.35. The Morgan fingerprint density at radius 2 is 1.78 bits per heavy atom. The van der Waals surface area contributed by atoms with Crippen LogP contribution in [0.15, 0.2) is 18.7 Å². The van der Waals surface area contributed by atoms with Crippen molar-refractivity contribution in [2.24, 2.45) is 11.5 Å². The lowest BCUT2D eigenvalue weighted by atomic mass is 10.1. The first-order valence-electron chi connectivity index (χ1n) is 10.9. The number of hydrogen-bond acceptors (Lipinski definition) is 4. The highest BCUT2D eigenvalue weighted by Crippen LogP contribution is 2.02. The molecule has 0 fully saturated rings. The van der Waals surface area contributed by atoms with E-state index in [0.717, 1.165) is 21.7 Å². The minimum Gasteiger partial charge on any atom is -0.480 e. The van der Waals surface area contributed by atoms with Gasteiger partial charge in [-0.25, -0.2) is 9.13 Å². The smallest absolute Gasteiger partial charge is 0.320 e. The van der Waals surface area contributed by atoms with E-state index in [-0.39, 0.29) is 6.42 Å². The first-order valence-corrected chi connectivity index (χ1v) is 6.88. The first-order chi connectivity index (χ1) is 13.8. The fraction of sp³-hybridized carbons (Fsp3) is 0.667. The number of carbonyl (C=O) groups is 2. The standard InChI is InChI=1S/C15H26N4O4/c16-12(14(20)21)5-1-3-7-18-9-10-19(11-18)8-4-2-6-13(17)15(22)23/h9-13H,1-8,16-17H2,(H-,20,21,22,23)/p+1/t12-,13-/m0/s1/i1D2,3D2,4D2,8D2. The maximum atomic E-state index is 10.9. The molecule has 8 nitrogen and oxygen atoms in total. The highest BCUT2D eigenvalue weighted by atomic mass is 16.4. The molecular weight excluding hydrogens is 300 g/mol. The van der Waals surface area contributed by atoms with Crippen LogP contribution < -0.4 is 16.0 Å². The van der Waals surface area contributed by atoms with Gasteiger partial charge in [-0.3, -0.25) is 9.59 Å². The van der Waals surface area contributed by atoms with Crippen molar-refractivity contribution in [3.8, 4) is 0 Å². The summed E-state index contributed by atoms with van der Waals surface area (Å²) in [6.45, 7) is -3.28. The van der Waals surface area contributed by atoms with E-state index in [0.29, 0.717) is 0 Å². The van der Waals surface area contributed by atoms with Gasteiger partial charge in [0.15, 0.2) is 0 Å².